The van der Waals surface area contributed by atoms with Crippen LogP contribution >= 0.6 is 11.8 Å². The second-order valence-electron chi connectivity index (χ2n) is 6.03. The van der Waals surface area contributed by atoms with Gasteiger partial charge in [0.2, 0.25) is 5.91 Å². The number of thioether (sulfide) groups is 1. The number of carbonyl (C=O) groups is 1. The van der Waals surface area contributed by atoms with Crippen molar-refractivity contribution in [2.45, 2.75) is 36.1 Å². The number of anilines is 2. The van der Waals surface area contributed by atoms with Crippen LogP contribution in [0.2, 0.25) is 0 Å². The van der Waals surface area contributed by atoms with E-state index < -0.39 is 10.0 Å². The van der Waals surface area contributed by atoms with E-state index in [1.165, 1.54) is 29.1 Å². The normalized spacial score (nSPS) is 16.6. The first-order chi connectivity index (χ1) is 11.8. The number of sulfonamides is 1. The van der Waals surface area contributed by atoms with Gasteiger partial charge in [0, 0.05) is 17.9 Å². The molecule has 132 valence electrons. The van der Waals surface area contributed by atoms with Gasteiger partial charge in [-0.3, -0.25) is 9.10 Å². The lowest BCUT2D eigenvalue weighted by Gasteiger charge is -2.25. The Bertz CT molecular complexity index is 926. The van der Waals surface area contributed by atoms with Gasteiger partial charge in [-0.15, -0.1) is 11.8 Å². The third-order valence-electron chi connectivity index (χ3n) is 4.18. The van der Waals surface area contributed by atoms with Gasteiger partial charge in [0.15, 0.2) is 0 Å². The molecule has 25 heavy (non-hydrogen) atoms. The maximum Gasteiger partial charge on any atom is 0.264 e. The number of amides is 1. The van der Waals surface area contributed by atoms with Crippen molar-refractivity contribution in [2.24, 2.45) is 0 Å². The molecule has 3 rings (SSSR count). The smallest absolute Gasteiger partial charge is 0.264 e. The Labute approximate surface area is 152 Å². The minimum absolute atomic E-state index is 0.146. The minimum Gasteiger partial charge on any atom is -0.325 e. The molecule has 0 aromatic heterocycles. The van der Waals surface area contributed by atoms with Crippen LogP contribution in [-0.4, -0.2) is 26.6 Å². The van der Waals surface area contributed by atoms with E-state index in [0.29, 0.717) is 12.1 Å². The zero-order valence-electron chi connectivity index (χ0n) is 14.3. The van der Waals surface area contributed by atoms with E-state index in [1.807, 2.05) is 37.4 Å². The van der Waals surface area contributed by atoms with Crippen molar-refractivity contribution in [3.63, 3.8) is 0 Å². The first-order valence-corrected chi connectivity index (χ1v) is 10.6. The highest BCUT2D eigenvalue weighted by molar-refractivity contribution is 7.98. The lowest BCUT2D eigenvalue weighted by atomic mass is 10.1. The largest absolute Gasteiger partial charge is 0.325 e. The summed E-state index contributed by atoms with van der Waals surface area (Å²) in [6, 6.07) is 12.3. The summed E-state index contributed by atoms with van der Waals surface area (Å²) >= 11 is 1.45. The van der Waals surface area contributed by atoms with Crippen LogP contribution in [0.25, 0.3) is 0 Å². The molecule has 1 heterocycles. The molecule has 1 N–H and O–H groups in total. The second kappa shape index (κ2) is 6.72. The summed E-state index contributed by atoms with van der Waals surface area (Å²) < 4.78 is 28.0. The molecule has 1 atom stereocenters. The van der Waals surface area contributed by atoms with Crippen LogP contribution in [0, 0.1) is 0 Å². The summed E-state index contributed by atoms with van der Waals surface area (Å²) in [5.74, 6) is -0.232. The lowest BCUT2D eigenvalue weighted by Crippen LogP contribution is -2.35. The average Bonchev–Trinajstić information content (AvgIpc) is 2.90. The van der Waals surface area contributed by atoms with Crippen molar-refractivity contribution >= 4 is 39.1 Å². The summed E-state index contributed by atoms with van der Waals surface area (Å²) in [6.45, 7) is 3.31. The van der Waals surface area contributed by atoms with Crippen molar-refractivity contribution in [3.8, 4) is 0 Å². The van der Waals surface area contributed by atoms with Crippen LogP contribution in [-0.2, 0) is 21.2 Å². The number of fused-ring (bicyclic) bond motifs is 1. The van der Waals surface area contributed by atoms with Crippen LogP contribution in [0.1, 0.15) is 19.4 Å². The number of hydrogen-bond donors (Lipinski definition) is 1. The Morgan fingerprint density at radius 1 is 1.24 bits per heavy atom. The fraction of sp³-hybridized carbons (Fsp3) is 0.278. The Morgan fingerprint density at radius 3 is 2.64 bits per heavy atom. The van der Waals surface area contributed by atoms with E-state index in [4.69, 9.17) is 0 Å². The molecule has 2 aromatic carbocycles. The van der Waals surface area contributed by atoms with Crippen molar-refractivity contribution in [1.82, 2.24) is 0 Å². The molecule has 0 saturated heterocycles. The van der Waals surface area contributed by atoms with Gasteiger partial charge in [0.05, 0.1) is 16.3 Å². The fourth-order valence-electron chi connectivity index (χ4n) is 3.15. The average molecular weight is 377 g/mol. The minimum atomic E-state index is -3.71. The summed E-state index contributed by atoms with van der Waals surface area (Å²) in [5.41, 5.74) is 2.27. The van der Waals surface area contributed by atoms with Gasteiger partial charge in [0.1, 0.15) is 0 Å². The van der Waals surface area contributed by atoms with Gasteiger partial charge in [-0.25, -0.2) is 8.42 Å². The van der Waals surface area contributed by atoms with E-state index in [-0.39, 0.29) is 16.8 Å². The van der Waals surface area contributed by atoms with Gasteiger partial charge >= 0.3 is 0 Å². The van der Waals surface area contributed by atoms with Gasteiger partial charge in [-0.2, -0.15) is 0 Å². The van der Waals surface area contributed by atoms with E-state index in [1.54, 1.807) is 12.1 Å². The molecule has 5 nitrogen and oxygen atoms in total. The molecular weight excluding hydrogens is 356 g/mol. The number of hydrogen-bond acceptors (Lipinski definition) is 4. The maximum absolute atomic E-state index is 13.3. The monoisotopic (exact) mass is 376 g/mol. The SMILES string of the molecule is CSc1ccc(S(=O)(=O)N2c3ccccc3C[C@H]2C)cc1NC(C)=O. The summed E-state index contributed by atoms with van der Waals surface area (Å²) in [4.78, 5) is 12.4. The van der Waals surface area contributed by atoms with Crippen molar-refractivity contribution in [2.75, 3.05) is 15.9 Å². The number of rotatable bonds is 4. The van der Waals surface area contributed by atoms with Crippen LogP contribution in [0.5, 0.6) is 0 Å². The van der Waals surface area contributed by atoms with Crippen LogP contribution in [0.15, 0.2) is 52.3 Å². The fourth-order valence-corrected chi connectivity index (χ4v) is 5.41. The molecule has 0 unspecified atom stereocenters. The lowest BCUT2D eigenvalue weighted by molar-refractivity contribution is -0.114. The van der Waals surface area contributed by atoms with Crippen LogP contribution in [0.3, 0.4) is 0 Å². The molecule has 0 spiro atoms. The third-order valence-corrected chi connectivity index (χ3v) is 6.90. The zero-order valence-corrected chi connectivity index (χ0v) is 15.9. The molecule has 1 amide bonds. The van der Waals surface area contributed by atoms with Gasteiger partial charge < -0.3 is 5.32 Å². The highest BCUT2D eigenvalue weighted by Crippen LogP contribution is 2.38. The number of nitrogens with one attached hydrogen (secondary N) is 1. The van der Waals surface area contributed by atoms with E-state index in [0.717, 1.165) is 16.1 Å². The van der Waals surface area contributed by atoms with Gasteiger partial charge in [-0.05, 0) is 49.4 Å². The molecular formula is C18H20N2O3S2. The molecule has 2 aromatic rings. The second-order valence-corrected chi connectivity index (χ2v) is 8.69. The highest BCUT2D eigenvalue weighted by Gasteiger charge is 2.36. The molecule has 0 radical (unpaired) electrons. The topological polar surface area (TPSA) is 66.5 Å². The molecule has 0 fully saturated rings. The first-order valence-electron chi connectivity index (χ1n) is 7.92. The van der Waals surface area contributed by atoms with Crippen molar-refractivity contribution < 1.29 is 13.2 Å². The van der Waals surface area contributed by atoms with E-state index in [9.17, 15) is 13.2 Å². The van der Waals surface area contributed by atoms with Crippen molar-refractivity contribution in [1.29, 1.82) is 0 Å². The molecule has 0 bridgehead atoms. The highest BCUT2D eigenvalue weighted by atomic mass is 32.2. The Balaban J connectivity index is 2.08. The van der Waals surface area contributed by atoms with Crippen molar-refractivity contribution in [3.05, 3.63) is 48.0 Å². The molecule has 1 aliphatic heterocycles. The molecule has 0 aliphatic carbocycles. The molecule has 7 heteroatoms. The Kier molecular flexibility index (Phi) is 4.79. The zero-order chi connectivity index (χ0) is 18.2. The predicted molar refractivity (Wildman–Crippen MR) is 102 cm³/mol. The predicted octanol–water partition coefficient (Wildman–Crippen LogP) is 3.51. The Morgan fingerprint density at radius 2 is 1.96 bits per heavy atom. The number of benzene rings is 2. The maximum atomic E-state index is 13.3. The van der Waals surface area contributed by atoms with E-state index in [2.05, 4.69) is 5.32 Å². The number of carbonyl (C=O) groups excluding carboxylic acids is 1. The standard InChI is InChI=1S/C18H20N2O3S2/c1-12-10-14-6-4-5-7-17(14)20(12)25(22,23)15-8-9-18(24-3)16(11-15)19-13(2)21/h4-9,11-12H,10H2,1-3H3,(H,19,21)/t12-/m1/s1. The summed E-state index contributed by atoms with van der Waals surface area (Å²) in [6.07, 6.45) is 2.57. The van der Waals surface area contributed by atoms with Crippen LogP contribution < -0.4 is 9.62 Å². The Hall–Kier alpha value is -1.99. The molecule has 0 saturated carbocycles. The molecule has 1 aliphatic rings. The number of para-hydroxylation sites is 1. The summed E-state index contributed by atoms with van der Waals surface area (Å²) in [7, 11) is -3.71. The van der Waals surface area contributed by atoms with Gasteiger partial charge in [0.25, 0.3) is 10.0 Å². The summed E-state index contributed by atoms with van der Waals surface area (Å²) in [5, 5.41) is 2.72. The number of nitrogens with zero attached hydrogens (tertiary/aromatic N) is 1. The van der Waals surface area contributed by atoms with Gasteiger partial charge in [-0.1, -0.05) is 18.2 Å². The third kappa shape index (κ3) is 3.26. The van der Waals surface area contributed by atoms with Crippen LogP contribution in [0.4, 0.5) is 11.4 Å². The quantitative estimate of drug-likeness (QED) is 0.830. The first kappa shape index (κ1) is 17.8. The van der Waals surface area contributed by atoms with E-state index >= 15 is 0 Å².